The number of phenols is 1. The van der Waals surface area contributed by atoms with E-state index in [0.29, 0.717) is 12.3 Å². The van der Waals surface area contributed by atoms with Gasteiger partial charge in [0.2, 0.25) is 0 Å². The van der Waals surface area contributed by atoms with Crippen LogP contribution in [0.15, 0.2) is 28.8 Å². The van der Waals surface area contributed by atoms with E-state index in [1.54, 1.807) is 13.2 Å². The molecule has 1 aliphatic rings. The lowest BCUT2D eigenvalue weighted by Crippen LogP contribution is -2.23. The van der Waals surface area contributed by atoms with Crippen LogP contribution >= 0.6 is 0 Å². The van der Waals surface area contributed by atoms with Gasteiger partial charge in [-0.2, -0.15) is 0 Å². The maximum atomic E-state index is 10.2. The van der Waals surface area contributed by atoms with Crippen molar-refractivity contribution < 1.29 is 14.4 Å². The van der Waals surface area contributed by atoms with Gasteiger partial charge in [-0.25, -0.2) is 0 Å². The van der Waals surface area contributed by atoms with E-state index in [0.717, 1.165) is 36.4 Å². The van der Waals surface area contributed by atoms with Crippen molar-refractivity contribution >= 4 is 0 Å². The Morgan fingerprint density at radius 1 is 1.48 bits per heavy atom. The highest BCUT2D eigenvalue weighted by molar-refractivity contribution is 5.45. The molecule has 1 aromatic heterocycles. The number of aromatic hydroxyl groups is 1. The summed E-state index contributed by atoms with van der Waals surface area (Å²) < 4.78 is 10.4. The lowest BCUT2D eigenvalue weighted by Gasteiger charge is -2.23. The fraction of sp³-hybridized carbons (Fsp3) is 0.438. The minimum Gasteiger partial charge on any atom is -0.504 e. The number of para-hydroxylation sites is 1. The maximum absolute atomic E-state index is 10.2. The van der Waals surface area contributed by atoms with Crippen molar-refractivity contribution in [2.45, 2.75) is 32.4 Å². The van der Waals surface area contributed by atoms with E-state index in [-0.39, 0.29) is 11.8 Å². The van der Waals surface area contributed by atoms with Gasteiger partial charge in [0.25, 0.3) is 0 Å². The zero-order chi connectivity index (χ0) is 14.8. The number of aromatic nitrogens is 1. The molecular weight excluding hydrogens is 268 g/mol. The van der Waals surface area contributed by atoms with Gasteiger partial charge >= 0.3 is 0 Å². The normalized spacial score (nSPS) is 19.0. The molecule has 1 fully saturated rings. The Morgan fingerprint density at radius 3 is 3.05 bits per heavy atom. The van der Waals surface area contributed by atoms with Crippen LogP contribution in [0.5, 0.6) is 11.5 Å². The predicted molar refractivity (Wildman–Crippen MR) is 78.3 cm³/mol. The summed E-state index contributed by atoms with van der Waals surface area (Å²) in [5.41, 5.74) is 1.86. The summed E-state index contributed by atoms with van der Waals surface area (Å²) in [4.78, 5) is 2.33. The van der Waals surface area contributed by atoms with Crippen LogP contribution in [-0.4, -0.2) is 28.8 Å². The molecule has 1 unspecified atom stereocenters. The van der Waals surface area contributed by atoms with Gasteiger partial charge in [-0.15, -0.1) is 0 Å². The molecule has 0 amide bonds. The standard InChI is InChI=1S/C16H20N2O3/c1-11-9-13(17-21-11)14-6-4-8-18(14)10-12-5-3-7-15(20-2)16(12)19/h3,5,7,9,14,19H,4,6,8,10H2,1-2H3. The van der Waals surface area contributed by atoms with Crippen molar-refractivity contribution in [1.82, 2.24) is 10.1 Å². The van der Waals surface area contributed by atoms with Crippen molar-refractivity contribution in [2.75, 3.05) is 13.7 Å². The molecule has 5 nitrogen and oxygen atoms in total. The average molecular weight is 288 g/mol. The molecule has 1 saturated heterocycles. The number of hydrogen-bond donors (Lipinski definition) is 1. The number of rotatable bonds is 4. The Balaban J connectivity index is 1.81. The van der Waals surface area contributed by atoms with E-state index in [4.69, 9.17) is 9.26 Å². The SMILES string of the molecule is COc1cccc(CN2CCCC2c2cc(C)on2)c1O. The lowest BCUT2D eigenvalue weighted by molar-refractivity contribution is 0.233. The highest BCUT2D eigenvalue weighted by atomic mass is 16.5. The van der Waals surface area contributed by atoms with Gasteiger partial charge in [-0.05, 0) is 32.4 Å². The second-order valence-electron chi connectivity index (χ2n) is 5.46. The number of nitrogens with zero attached hydrogens (tertiary/aromatic N) is 2. The number of aryl methyl sites for hydroxylation is 1. The zero-order valence-corrected chi connectivity index (χ0v) is 12.4. The maximum Gasteiger partial charge on any atom is 0.162 e. The van der Waals surface area contributed by atoms with Crippen molar-refractivity contribution in [3.8, 4) is 11.5 Å². The Kier molecular flexibility index (Phi) is 3.84. The molecule has 3 rings (SSSR count). The minimum atomic E-state index is 0.224. The van der Waals surface area contributed by atoms with Crippen LogP contribution in [0.25, 0.3) is 0 Å². The Labute approximate surface area is 124 Å². The molecule has 2 aromatic rings. The Bertz CT molecular complexity index is 624. The third-order valence-corrected chi connectivity index (χ3v) is 4.03. The monoisotopic (exact) mass is 288 g/mol. The van der Waals surface area contributed by atoms with Crippen molar-refractivity contribution in [3.63, 3.8) is 0 Å². The van der Waals surface area contributed by atoms with Gasteiger partial charge in [-0.3, -0.25) is 4.90 Å². The van der Waals surface area contributed by atoms with E-state index in [1.165, 1.54) is 0 Å². The first-order valence-electron chi connectivity index (χ1n) is 7.21. The number of hydrogen-bond acceptors (Lipinski definition) is 5. The van der Waals surface area contributed by atoms with E-state index in [9.17, 15) is 5.11 Å². The van der Waals surface area contributed by atoms with E-state index >= 15 is 0 Å². The summed E-state index contributed by atoms with van der Waals surface area (Å²) in [5.74, 6) is 1.57. The zero-order valence-electron chi connectivity index (χ0n) is 12.4. The topological polar surface area (TPSA) is 58.7 Å². The first-order chi connectivity index (χ1) is 10.2. The van der Waals surface area contributed by atoms with Crippen LogP contribution in [-0.2, 0) is 6.54 Å². The fourth-order valence-corrected chi connectivity index (χ4v) is 2.97. The molecule has 21 heavy (non-hydrogen) atoms. The van der Waals surface area contributed by atoms with Crippen LogP contribution in [0.1, 0.15) is 35.9 Å². The third kappa shape index (κ3) is 2.74. The highest BCUT2D eigenvalue weighted by Gasteiger charge is 2.29. The summed E-state index contributed by atoms with van der Waals surface area (Å²) in [6.07, 6.45) is 2.19. The summed E-state index contributed by atoms with van der Waals surface area (Å²) in [7, 11) is 1.57. The fourth-order valence-electron chi connectivity index (χ4n) is 2.97. The summed E-state index contributed by atoms with van der Waals surface area (Å²) in [6, 6.07) is 7.85. The number of ether oxygens (including phenoxy) is 1. The van der Waals surface area contributed by atoms with Gasteiger partial charge in [0.05, 0.1) is 13.2 Å². The van der Waals surface area contributed by atoms with Gasteiger partial charge in [0.1, 0.15) is 11.5 Å². The number of benzene rings is 1. The van der Waals surface area contributed by atoms with Crippen LogP contribution < -0.4 is 4.74 Å². The van der Waals surface area contributed by atoms with Crippen LogP contribution in [0.2, 0.25) is 0 Å². The van der Waals surface area contributed by atoms with E-state index in [1.807, 2.05) is 25.1 Å². The number of likely N-dealkylation sites (tertiary alicyclic amines) is 1. The molecule has 1 aliphatic heterocycles. The van der Waals surface area contributed by atoms with Crippen LogP contribution in [0, 0.1) is 6.92 Å². The third-order valence-electron chi connectivity index (χ3n) is 4.03. The van der Waals surface area contributed by atoms with Gasteiger partial charge in [0.15, 0.2) is 11.5 Å². The molecular formula is C16H20N2O3. The number of phenolic OH excluding ortho intramolecular Hbond substituents is 1. The summed E-state index contributed by atoms with van der Waals surface area (Å²) >= 11 is 0. The second-order valence-corrected chi connectivity index (χ2v) is 5.46. The first kappa shape index (κ1) is 13.9. The van der Waals surface area contributed by atoms with E-state index < -0.39 is 0 Å². The largest absolute Gasteiger partial charge is 0.504 e. The van der Waals surface area contributed by atoms with E-state index in [2.05, 4.69) is 10.1 Å². The molecule has 2 heterocycles. The van der Waals surface area contributed by atoms with Crippen LogP contribution in [0.3, 0.4) is 0 Å². The molecule has 0 bridgehead atoms. The Hall–Kier alpha value is -2.01. The molecule has 0 radical (unpaired) electrons. The highest BCUT2D eigenvalue weighted by Crippen LogP contribution is 2.36. The first-order valence-corrected chi connectivity index (χ1v) is 7.21. The molecule has 1 atom stereocenters. The van der Waals surface area contributed by atoms with Crippen molar-refractivity contribution in [1.29, 1.82) is 0 Å². The number of methoxy groups -OCH3 is 1. The molecule has 0 spiro atoms. The molecule has 5 heteroatoms. The molecule has 1 N–H and O–H groups in total. The van der Waals surface area contributed by atoms with Crippen LogP contribution in [0.4, 0.5) is 0 Å². The van der Waals surface area contributed by atoms with Crippen molar-refractivity contribution in [2.24, 2.45) is 0 Å². The second kappa shape index (κ2) is 5.77. The molecule has 0 aliphatic carbocycles. The van der Waals surface area contributed by atoms with Gasteiger partial charge in [0, 0.05) is 18.2 Å². The smallest absolute Gasteiger partial charge is 0.162 e. The molecule has 1 aromatic carbocycles. The summed E-state index contributed by atoms with van der Waals surface area (Å²) in [5, 5.41) is 14.4. The average Bonchev–Trinajstić information content (AvgIpc) is 3.10. The molecule has 112 valence electrons. The van der Waals surface area contributed by atoms with Crippen molar-refractivity contribution in [3.05, 3.63) is 41.3 Å². The molecule has 0 saturated carbocycles. The predicted octanol–water partition coefficient (Wildman–Crippen LogP) is 3.03. The quantitative estimate of drug-likeness (QED) is 0.937. The Morgan fingerprint density at radius 2 is 2.33 bits per heavy atom. The lowest BCUT2D eigenvalue weighted by atomic mass is 10.1. The van der Waals surface area contributed by atoms with Gasteiger partial charge in [-0.1, -0.05) is 17.3 Å². The van der Waals surface area contributed by atoms with Gasteiger partial charge < -0.3 is 14.4 Å². The summed E-state index contributed by atoms with van der Waals surface area (Å²) in [6.45, 7) is 3.58. The minimum absolute atomic E-state index is 0.224.